The lowest BCUT2D eigenvalue weighted by Gasteiger charge is -2.05. The Morgan fingerprint density at radius 2 is 2.09 bits per heavy atom. The quantitative estimate of drug-likeness (QED) is 0.603. The molecule has 2 nitrogen and oxygen atoms in total. The SMILES string of the molecule is CCC(C)CCCCC(=O)O. The topological polar surface area (TPSA) is 37.3 Å². The summed E-state index contributed by atoms with van der Waals surface area (Å²) in [4.78, 5) is 10.1. The van der Waals surface area contributed by atoms with E-state index in [0.717, 1.165) is 18.8 Å². The molecule has 0 aliphatic rings. The van der Waals surface area contributed by atoms with Crippen molar-refractivity contribution in [2.75, 3.05) is 0 Å². The molecule has 0 aromatic carbocycles. The van der Waals surface area contributed by atoms with Crippen molar-refractivity contribution in [1.29, 1.82) is 0 Å². The van der Waals surface area contributed by atoms with Crippen molar-refractivity contribution in [3.63, 3.8) is 0 Å². The number of aliphatic carboxylic acids is 1. The molecule has 1 N–H and O–H groups in total. The summed E-state index contributed by atoms with van der Waals surface area (Å²) >= 11 is 0. The van der Waals surface area contributed by atoms with Gasteiger partial charge in [0.05, 0.1) is 0 Å². The molecular weight excluding hydrogens is 140 g/mol. The van der Waals surface area contributed by atoms with Crippen molar-refractivity contribution in [3.8, 4) is 0 Å². The van der Waals surface area contributed by atoms with Gasteiger partial charge in [0.2, 0.25) is 0 Å². The summed E-state index contributed by atoms with van der Waals surface area (Å²) < 4.78 is 0. The lowest BCUT2D eigenvalue weighted by Crippen LogP contribution is -1.96. The van der Waals surface area contributed by atoms with Crippen molar-refractivity contribution < 1.29 is 9.90 Å². The largest absolute Gasteiger partial charge is 0.481 e. The first-order valence-corrected chi connectivity index (χ1v) is 4.38. The Balaban J connectivity index is 3.08. The highest BCUT2D eigenvalue weighted by molar-refractivity contribution is 5.66. The Bertz CT molecular complexity index is 110. The first-order valence-electron chi connectivity index (χ1n) is 4.38. The number of rotatable bonds is 6. The van der Waals surface area contributed by atoms with E-state index in [0.29, 0.717) is 6.42 Å². The average molecular weight is 158 g/mol. The Kier molecular flexibility index (Phi) is 5.90. The van der Waals surface area contributed by atoms with E-state index in [4.69, 9.17) is 5.11 Å². The van der Waals surface area contributed by atoms with Crippen LogP contribution in [0, 0.1) is 5.92 Å². The molecule has 0 spiro atoms. The molecule has 2 heteroatoms. The minimum Gasteiger partial charge on any atom is -0.481 e. The van der Waals surface area contributed by atoms with Crippen LogP contribution in [0.5, 0.6) is 0 Å². The third-order valence-corrected chi connectivity index (χ3v) is 2.03. The van der Waals surface area contributed by atoms with Crippen LogP contribution in [0.1, 0.15) is 46.0 Å². The number of carboxylic acid groups (broad SMARTS) is 1. The Morgan fingerprint density at radius 3 is 2.55 bits per heavy atom. The van der Waals surface area contributed by atoms with Crippen LogP contribution in [0.2, 0.25) is 0 Å². The van der Waals surface area contributed by atoms with Gasteiger partial charge in [-0.3, -0.25) is 4.79 Å². The Morgan fingerprint density at radius 1 is 1.45 bits per heavy atom. The lowest BCUT2D eigenvalue weighted by molar-refractivity contribution is -0.137. The van der Waals surface area contributed by atoms with Crippen molar-refractivity contribution >= 4 is 5.97 Å². The smallest absolute Gasteiger partial charge is 0.303 e. The molecule has 0 fully saturated rings. The number of carbonyl (C=O) groups is 1. The van der Waals surface area contributed by atoms with Crippen LogP contribution >= 0.6 is 0 Å². The van der Waals surface area contributed by atoms with Crippen LogP contribution in [-0.2, 0) is 4.79 Å². The van der Waals surface area contributed by atoms with Gasteiger partial charge in [-0.05, 0) is 12.3 Å². The maximum Gasteiger partial charge on any atom is 0.303 e. The number of hydrogen-bond acceptors (Lipinski definition) is 1. The monoisotopic (exact) mass is 158 g/mol. The molecule has 0 aromatic heterocycles. The van der Waals surface area contributed by atoms with Gasteiger partial charge in [0.15, 0.2) is 0 Å². The van der Waals surface area contributed by atoms with E-state index in [1.807, 2.05) is 0 Å². The predicted octanol–water partition coefficient (Wildman–Crippen LogP) is 2.68. The summed E-state index contributed by atoms with van der Waals surface area (Å²) in [6, 6.07) is 0. The zero-order chi connectivity index (χ0) is 8.69. The van der Waals surface area contributed by atoms with Gasteiger partial charge < -0.3 is 5.11 Å². The van der Waals surface area contributed by atoms with E-state index >= 15 is 0 Å². The summed E-state index contributed by atoms with van der Waals surface area (Å²) in [5, 5.41) is 8.34. The maximum absolute atomic E-state index is 10.1. The predicted molar refractivity (Wildman–Crippen MR) is 45.6 cm³/mol. The number of unbranched alkanes of at least 4 members (excludes halogenated alkanes) is 1. The Labute approximate surface area is 68.6 Å². The minimum atomic E-state index is -0.672. The number of carboxylic acids is 1. The maximum atomic E-state index is 10.1. The van der Waals surface area contributed by atoms with Gasteiger partial charge in [-0.2, -0.15) is 0 Å². The normalized spacial score (nSPS) is 12.9. The van der Waals surface area contributed by atoms with Gasteiger partial charge >= 0.3 is 5.97 Å². The summed E-state index contributed by atoms with van der Waals surface area (Å²) in [6.07, 6.45) is 4.59. The highest BCUT2D eigenvalue weighted by Crippen LogP contribution is 2.11. The molecule has 0 rings (SSSR count). The molecule has 0 aliphatic carbocycles. The molecule has 0 amide bonds. The van der Waals surface area contributed by atoms with Gasteiger partial charge in [0.1, 0.15) is 0 Å². The fraction of sp³-hybridized carbons (Fsp3) is 0.889. The number of hydrogen-bond donors (Lipinski definition) is 1. The average Bonchev–Trinajstić information content (AvgIpc) is 1.97. The molecule has 0 radical (unpaired) electrons. The van der Waals surface area contributed by atoms with Crippen molar-refractivity contribution in [1.82, 2.24) is 0 Å². The van der Waals surface area contributed by atoms with Crippen LogP contribution in [0.15, 0.2) is 0 Å². The van der Waals surface area contributed by atoms with Crippen molar-refractivity contribution in [3.05, 3.63) is 0 Å². The van der Waals surface area contributed by atoms with Gasteiger partial charge in [-0.15, -0.1) is 0 Å². The van der Waals surface area contributed by atoms with Crippen LogP contribution < -0.4 is 0 Å². The van der Waals surface area contributed by atoms with Gasteiger partial charge in [0.25, 0.3) is 0 Å². The first kappa shape index (κ1) is 10.5. The van der Waals surface area contributed by atoms with Crippen molar-refractivity contribution in [2.24, 2.45) is 5.92 Å². The fourth-order valence-electron chi connectivity index (χ4n) is 0.973. The summed E-state index contributed by atoms with van der Waals surface area (Å²) in [6.45, 7) is 4.38. The molecule has 1 atom stereocenters. The molecule has 0 heterocycles. The van der Waals surface area contributed by atoms with Crippen LogP contribution in [-0.4, -0.2) is 11.1 Å². The minimum absolute atomic E-state index is 0.330. The second-order valence-corrected chi connectivity index (χ2v) is 3.15. The van der Waals surface area contributed by atoms with E-state index in [1.54, 1.807) is 0 Å². The van der Waals surface area contributed by atoms with Crippen LogP contribution in [0.3, 0.4) is 0 Å². The Hall–Kier alpha value is -0.530. The molecule has 66 valence electrons. The summed E-state index contributed by atoms with van der Waals surface area (Å²) in [5.74, 6) is 0.0814. The molecule has 11 heavy (non-hydrogen) atoms. The third kappa shape index (κ3) is 7.37. The molecule has 0 aliphatic heterocycles. The zero-order valence-electron chi connectivity index (χ0n) is 7.47. The highest BCUT2D eigenvalue weighted by Gasteiger charge is 2.00. The second-order valence-electron chi connectivity index (χ2n) is 3.15. The first-order chi connectivity index (χ1) is 5.16. The van der Waals surface area contributed by atoms with E-state index in [-0.39, 0.29) is 0 Å². The molecule has 0 bridgehead atoms. The van der Waals surface area contributed by atoms with Crippen LogP contribution in [0.25, 0.3) is 0 Å². The second kappa shape index (κ2) is 6.20. The standard InChI is InChI=1S/C9H18O2/c1-3-8(2)6-4-5-7-9(10)11/h8H,3-7H2,1-2H3,(H,10,11). The van der Waals surface area contributed by atoms with E-state index < -0.39 is 5.97 Å². The third-order valence-electron chi connectivity index (χ3n) is 2.03. The van der Waals surface area contributed by atoms with E-state index in [1.165, 1.54) is 12.8 Å². The lowest BCUT2D eigenvalue weighted by atomic mass is 10.0. The molecular formula is C9H18O2. The molecule has 0 saturated heterocycles. The van der Waals surface area contributed by atoms with E-state index in [9.17, 15) is 4.79 Å². The fourth-order valence-corrected chi connectivity index (χ4v) is 0.973. The van der Waals surface area contributed by atoms with E-state index in [2.05, 4.69) is 13.8 Å². The van der Waals surface area contributed by atoms with Crippen LogP contribution in [0.4, 0.5) is 0 Å². The molecule has 0 saturated carbocycles. The highest BCUT2D eigenvalue weighted by atomic mass is 16.4. The molecule has 1 unspecified atom stereocenters. The van der Waals surface area contributed by atoms with Gasteiger partial charge in [-0.25, -0.2) is 0 Å². The van der Waals surface area contributed by atoms with Crippen molar-refractivity contribution in [2.45, 2.75) is 46.0 Å². The molecule has 0 aromatic rings. The zero-order valence-corrected chi connectivity index (χ0v) is 7.47. The summed E-state index contributed by atoms with van der Waals surface area (Å²) in [5.41, 5.74) is 0. The summed E-state index contributed by atoms with van der Waals surface area (Å²) in [7, 11) is 0. The van der Waals surface area contributed by atoms with Gasteiger partial charge in [-0.1, -0.05) is 33.1 Å². The van der Waals surface area contributed by atoms with Gasteiger partial charge in [0, 0.05) is 6.42 Å².